The second-order valence-electron chi connectivity index (χ2n) is 7.61. The summed E-state index contributed by atoms with van der Waals surface area (Å²) in [4.78, 5) is 2.58. The molecule has 0 amide bonds. The van der Waals surface area contributed by atoms with E-state index in [1.807, 2.05) is 0 Å². The maximum Gasteiger partial charge on any atom is 0.0586 e. The first-order valence-electron chi connectivity index (χ1n) is 9.24. The molecule has 21 heavy (non-hydrogen) atoms. The molecule has 1 saturated carbocycles. The molecule has 1 heterocycles. The van der Waals surface area contributed by atoms with E-state index in [4.69, 9.17) is 0 Å². The van der Waals surface area contributed by atoms with Crippen LogP contribution in [0.2, 0.25) is 0 Å². The molecule has 0 radical (unpaired) electrons. The van der Waals surface area contributed by atoms with E-state index in [2.05, 4.69) is 31.0 Å². The fourth-order valence-electron chi connectivity index (χ4n) is 4.56. The van der Waals surface area contributed by atoms with Crippen molar-refractivity contribution in [2.24, 2.45) is 17.8 Å². The van der Waals surface area contributed by atoms with Crippen LogP contribution in [-0.4, -0.2) is 48.3 Å². The van der Waals surface area contributed by atoms with Crippen molar-refractivity contribution in [1.82, 2.24) is 10.2 Å². The molecule has 0 bridgehead atoms. The predicted octanol–water partition coefficient (Wildman–Crippen LogP) is 2.88. The third-order valence-corrected chi connectivity index (χ3v) is 5.74. The number of hydrogen-bond donors (Lipinski definition) is 2. The zero-order valence-electron chi connectivity index (χ0n) is 14.4. The summed E-state index contributed by atoms with van der Waals surface area (Å²) < 4.78 is 0. The van der Waals surface area contributed by atoms with Gasteiger partial charge in [-0.2, -0.15) is 0 Å². The van der Waals surface area contributed by atoms with Gasteiger partial charge in [-0.05, 0) is 62.9 Å². The minimum absolute atomic E-state index is 0.338. The van der Waals surface area contributed by atoms with Crippen LogP contribution in [0.5, 0.6) is 0 Å². The maximum absolute atomic E-state index is 9.65. The van der Waals surface area contributed by atoms with Gasteiger partial charge in [0.2, 0.25) is 0 Å². The molecule has 0 spiro atoms. The second-order valence-corrected chi connectivity index (χ2v) is 7.61. The number of aliphatic hydroxyl groups is 1. The molecule has 2 fully saturated rings. The van der Waals surface area contributed by atoms with Gasteiger partial charge in [-0.25, -0.2) is 0 Å². The van der Waals surface area contributed by atoms with Crippen LogP contribution in [0.1, 0.15) is 59.3 Å². The van der Waals surface area contributed by atoms with Crippen molar-refractivity contribution in [2.75, 3.05) is 26.2 Å². The summed E-state index contributed by atoms with van der Waals surface area (Å²) in [6, 6.07) is 1.09. The first-order chi connectivity index (χ1) is 10.2. The summed E-state index contributed by atoms with van der Waals surface area (Å²) in [6.07, 6.45) is 7.69. The van der Waals surface area contributed by atoms with Gasteiger partial charge in [0.15, 0.2) is 0 Å². The fraction of sp³-hybridized carbons (Fsp3) is 1.00. The molecule has 5 unspecified atom stereocenters. The number of nitrogens with one attached hydrogen (secondary N) is 1. The molecule has 1 aliphatic heterocycles. The van der Waals surface area contributed by atoms with Crippen molar-refractivity contribution < 1.29 is 5.11 Å². The minimum Gasteiger partial charge on any atom is -0.395 e. The number of aliphatic hydroxyl groups excluding tert-OH is 1. The van der Waals surface area contributed by atoms with Crippen LogP contribution in [0.3, 0.4) is 0 Å². The zero-order chi connectivity index (χ0) is 15.2. The summed E-state index contributed by atoms with van der Waals surface area (Å²) in [7, 11) is 0. The van der Waals surface area contributed by atoms with E-state index < -0.39 is 0 Å². The lowest BCUT2D eigenvalue weighted by Gasteiger charge is -2.45. The standard InChI is InChI=1S/C18H36N2O/c1-4-8-19-18-11-14(2)10-15(3)17(18)12-20-9-6-5-7-16(20)13-21/h14-19,21H,4-13H2,1-3H3. The average molecular weight is 296 g/mol. The summed E-state index contributed by atoms with van der Waals surface area (Å²) in [5.74, 6) is 2.39. The van der Waals surface area contributed by atoms with Gasteiger partial charge in [0, 0.05) is 18.6 Å². The Morgan fingerprint density at radius 1 is 1.19 bits per heavy atom. The Hall–Kier alpha value is -0.120. The lowest BCUT2D eigenvalue weighted by Crippen LogP contribution is -2.52. The van der Waals surface area contributed by atoms with Gasteiger partial charge in [0.05, 0.1) is 6.61 Å². The van der Waals surface area contributed by atoms with Crippen molar-refractivity contribution in [3.05, 3.63) is 0 Å². The van der Waals surface area contributed by atoms with Crippen LogP contribution in [0, 0.1) is 17.8 Å². The average Bonchev–Trinajstić information content (AvgIpc) is 2.48. The Morgan fingerprint density at radius 3 is 2.71 bits per heavy atom. The van der Waals surface area contributed by atoms with E-state index >= 15 is 0 Å². The van der Waals surface area contributed by atoms with Crippen molar-refractivity contribution in [3.8, 4) is 0 Å². The monoisotopic (exact) mass is 296 g/mol. The van der Waals surface area contributed by atoms with E-state index in [1.54, 1.807) is 0 Å². The Bertz CT molecular complexity index is 297. The van der Waals surface area contributed by atoms with E-state index in [9.17, 15) is 5.11 Å². The van der Waals surface area contributed by atoms with E-state index in [0.717, 1.165) is 24.3 Å². The SMILES string of the molecule is CCCNC1CC(C)CC(C)C1CN1CCCCC1CO. The highest BCUT2D eigenvalue weighted by atomic mass is 16.3. The van der Waals surface area contributed by atoms with Gasteiger partial charge in [-0.3, -0.25) is 4.90 Å². The summed E-state index contributed by atoms with van der Waals surface area (Å²) >= 11 is 0. The van der Waals surface area contributed by atoms with Crippen molar-refractivity contribution >= 4 is 0 Å². The number of nitrogens with zero attached hydrogens (tertiary/aromatic N) is 1. The van der Waals surface area contributed by atoms with Crippen LogP contribution in [-0.2, 0) is 0 Å². The molecule has 0 aromatic heterocycles. The van der Waals surface area contributed by atoms with Gasteiger partial charge in [0.25, 0.3) is 0 Å². The smallest absolute Gasteiger partial charge is 0.0586 e. The highest BCUT2D eigenvalue weighted by Crippen LogP contribution is 2.35. The lowest BCUT2D eigenvalue weighted by atomic mass is 9.72. The quantitative estimate of drug-likeness (QED) is 0.791. The van der Waals surface area contributed by atoms with Crippen LogP contribution in [0.15, 0.2) is 0 Å². The Morgan fingerprint density at radius 2 is 2.00 bits per heavy atom. The van der Waals surface area contributed by atoms with Crippen molar-refractivity contribution in [3.63, 3.8) is 0 Å². The first-order valence-corrected chi connectivity index (χ1v) is 9.24. The van der Waals surface area contributed by atoms with Gasteiger partial charge < -0.3 is 10.4 Å². The minimum atomic E-state index is 0.338. The molecule has 2 aliphatic rings. The molecule has 1 aliphatic carbocycles. The Labute approximate surface area is 131 Å². The van der Waals surface area contributed by atoms with Crippen molar-refractivity contribution in [1.29, 1.82) is 0 Å². The molecule has 0 aromatic rings. The number of rotatable bonds is 6. The summed E-state index contributed by atoms with van der Waals surface area (Å²) in [5, 5.41) is 13.5. The van der Waals surface area contributed by atoms with E-state index in [0.29, 0.717) is 18.7 Å². The Kier molecular flexibility index (Phi) is 6.97. The van der Waals surface area contributed by atoms with Crippen LogP contribution >= 0.6 is 0 Å². The largest absolute Gasteiger partial charge is 0.395 e. The molecule has 2 rings (SSSR count). The molecule has 2 N–H and O–H groups in total. The molecule has 5 atom stereocenters. The van der Waals surface area contributed by atoms with Crippen LogP contribution in [0.25, 0.3) is 0 Å². The van der Waals surface area contributed by atoms with E-state index in [1.165, 1.54) is 51.6 Å². The molecule has 1 saturated heterocycles. The highest BCUT2D eigenvalue weighted by Gasteiger charge is 2.36. The normalized spacial score (nSPS) is 38.6. The highest BCUT2D eigenvalue weighted by molar-refractivity contribution is 4.91. The maximum atomic E-state index is 9.65. The van der Waals surface area contributed by atoms with Gasteiger partial charge in [-0.15, -0.1) is 0 Å². The van der Waals surface area contributed by atoms with Gasteiger partial charge in [0.1, 0.15) is 0 Å². The number of hydrogen-bond acceptors (Lipinski definition) is 3. The second kappa shape index (κ2) is 8.50. The van der Waals surface area contributed by atoms with E-state index in [-0.39, 0.29) is 0 Å². The number of likely N-dealkylation sites (tertiary alicyclic amines) is 1. The molecular weight excluding hydrogens is 260 g/mol. The molecule has 3 heteroatoms. The first kappa shape index (κ1) is 17.2. The third kappa shape index (κ3) is 4.67. The van der Waals surface area contributed by atoms with Crippen LogP contribution < -0.4 is 5.32 Å². The zero-order valence-corrected chi connectivity index (χ0v) is 14.4. The molecular formula is C18H36N2O. The summed E-state index contributed by atoms with van der Waals surface area (Å²) in [6.45, 7) is 11.0. The van der Waals surface area contributed by atoms with Crippen LogP contribution in [0.4, 0.5) is 0 Å². The molecule has 124 valence electrons. The fourth-order valence-corrected chi connectivity index (χ4v) is 4.56. The Balaban J connectivity index is 1.98. The third-order valence-electron chi connectivity index (χ3n) is 5.74. The lowest BCUT2D eigenvalue weighted by molar-refractivity contribution is 0.0397. The molecule has 3 nitrogen and oxygen atoms in total. The predicted molar refractivity (Wildman–Crippen MR) is 89.4 cm³/mol. The van der Waals surface area contributed by atoms with Gasteiger partial charge >= 0.3 is 0 Å². The van der Waals surface area contributed by atoms with Crippen molar-refractivity contribution in [2.45, 2.75) is 71.4 Å². The summed E-state index contributed by atoms with van der Waals surface area (Å²) in [5.41, 5.74) is 0. The molecule has 0 aromatic carbocycles. The topological polar surface area (TPSA) is 35.5 Å². The number of piperidine rings is 1. The van der Waals surface area contributed by atoms with Gasteiger partial charge in [-0.1, -0.05) is 27.2 Å².